The minimum atomic E-state index is -0.583. The Bertz CT molecular complexity index is 1030. The van der Waals surface area contributed by atoms with Crippen LogP contribution in [-0.4, -0.2) is 28.8 Å². The number of rotatable bonds is 11. The van der Waals surface area contributed by atoms with Crippen molar-refractivity contribution < 1.29 is 9.59 Å². The standard InChI is InChI=1S/C30H36N2O2/c1-4-24-15-17-25(18-16-24)19-20-29(33)32(22-27-13-9-6-10-14-27)28(30(34)31-23(2)3)21-26-11-7-5-8-12-26/h5-18,23,28H,4,19-22H2,1-3H3,(H,31,34). The number of nitrogens with one attached hydrogen (secondary N) is 1. The van der Waals surface area contributed by atoms with Gasteiger partial charge in [-0.05, 0) is 48.9 Å². The average molecular weight is 457 g/mol. The molecule has 0 fully saturated rings. The Morgan fingerprint density at radius 2 is 1.32 bits per heavy atom. The number of benzene rings is 3. The van der Waals surface area contributed by atoms with Gasteiger partial charge in [-0.1, -0.05) is 91.9 Å². The lowest BCUT2D eigenvalue weighted by Gasteiger charge is -2.32. The van der Waals surface area contributed by atoms with Crippen LogP contribution in [0.5, 0.6) is 0 Å². The van der Waals surface area contributed by atoms with Crippen molar-refractivity contribution in [1.29, 1.82) is 0 Å². The summed E-state index contributed by atoms with van der Waals surface area (Å²) in [6.45, 7) is 6.42. The maximum atomic E-state index is 13.6. The Labute approximate surface area is 204 Å². The molecule has 0 aliphatic rings. The van der Waals surface area contributed by atoms with E-state index < -0.39 is 6.04 Å². The Morgan fingerprint density at radius 3 is 1.88 bits per heavy atom. The summed E-state index contributed by atoms with van der Waals surface area (Å²) in [5.41, 5.74) is 4.47. The highest BCUT2D eigenvalue weighted by Crippen LogP contribution is 2.17. The average Bonchev–Trinajstić information content (AvgIpc) is 2.85. The van der Waals surface area contributed by atoms with Crippen molar-refractivity contribution >= 4 is 11.8 Å². The Hall–Kier alpha value is -3.40. The van der Waals surface area contributed by atoms with E-state index in [1.165, 1.54) is 5.56 Å². The summed E-state index contributed by atoms with van der Waals surface area (Å²) in [4.78, 5) is 28.7. The van der Waals surface area contributed by atoms with Crippen LogP contribution in [0.25, 0.3) is 0 Å². The first-order chi connectivity index (χ1) is 16.5. The van der Waals surface area contributed by atoms with Crippen LogP contribution < -0.4 is 5.32 Å². The quantitative estimate of drug-likeness (QED) is 0.423. The maximum Gasteiger partial charge on any atom is 0.243 e. The lowest BCUT2D eigenvalue weighted by atomic mass is 10.0. The molecule has 1 atom stereocenters. The zero-order chi connectivity index (χ0) is 24.3. The third kappa shape index (κ3) is 7.58. The number of carbonyl (C=O) groups is 2. The summed E-state index contributed by atoms with van der Waals surface area (Å²) in [5, 5.41) is 3.04. The Kier molecular flexibility index (Phi) is 9.45. The first-order valence-electron chi connectivity index (χ1n) is 12.2. The lowest BCUT2D eigenvalue weighted by Crippen LogP contribution is -2.51. The maximum absolute atomic E-state index is 13.6. The molecule has 0 saturated heterocycles. The van der Waals surface area contributed by atoms with Gasteiger partial charge < -0.3 is 10.2 Å². The van der Waals surface area contributed by atoms with E-state index in [2.05, 4.69) is 36.5 Å². The molecular weight excluding hydrogens is 420 g/mol. The van der Waals surface area contributed by atoms with Crippen LogP contribution in [0.15, 0.2) is 84.9 Å². The van der Waals surface area contributed by atoms with Gasteiger partial charge in [0.15, 0.2) is 0 Å². The van der Waals surface area contributed by atoms with Crippen LogP contribution in [0.1, 0.15) is 49.4 Å². The molecule has 4 nitrogen and oxygen atoms in total. The van der Waals surface area contributed by atoms with Gasteiger partial charge in [0, 0.05) is 25.4 Å². The number of carbonyl (C=O) groups excluding carboxylic acids is 2. The minimum absolute atomic E-state index is 0.00321. The molecular formula is C30H36N2O2. The molecule has 1 unspecified atom stereocenters. The van der Waals surface area contributed by atoms with Crippen LogP contribution in [0.2, 0.25) is 0 Å². The summed E-state index contributed by atoms with van der Waals surface area (Å²) in [7, 11) is 0. The Balaban J connectivity index is 1.86. The number of amides is 2. The molecule has 0 saturated carbocycles. The van der Waals surface area contributed by atoms with Gasteiger partial charge in [0.1, 0.15) is 6.04 Å². The van der Waals surface area contributed by atoms with E-state index in [0.717, 1.165) is 23.1 Å². The largest absolute Gasteiger partial charge is 0.352 e. The molecule has 3 aromatic rings. The predicted molar refractivity (Wildman–Crippen MR) is 138 cm³/mol. The van der Waals surface area contributed by atoms with Crippen LogP contribution in [0, 0.1) is 0 Å². The number of aryl methyl sites for hydroxylation is 2. The van der Waals surface area contributed by atoms with Gasteiger partial charge in [-0.25, -0.2) is 0 Å². The predicted octanol–water partition coefficient (Wildman–Crippen LogP) is 5.35. The lowest BCUT2D eigenvalue weighted by molar-refractivity contribution is -0.141. The van der Waals surface area contributed by atoms with Gasteiger partial charge >= 0.3 is 0 Å². The van der Waals surface area contributed by atoms with Crippen LogP contribution in [-0.2, 0) is 35.4 Å². The first kappa shape index (κ1) is 25.2. The molecule has 0 spiro atoms. The van der Waals surface area contributed by atoms with Gasteiger partial charge in [-0.3, -0.25) is 9.59 Å². The number of nitrogens with zero attached hydrogens (tertiary/aromatic N) is 1. The van der Waals surface area contributed by atoms with Crippen molar-refractivity contribution in [3.8, 4) is 0 Å². The van der Waals surface area contributed by atoms with E-state index in [1.54, 1.807) is 4.90 Å². The van der Waals surface area contributed by atoms with E-state index in [-0.39, 0.29) is 17.9 Å². The fourth-order valence-electron chi connectivity index (χ4n) is 4.05. The van der Waals surface area contributed by atoms with Crippen molar-refractivity contribution in [3.05, 3.63) is 107 Å². The van der Waals surface area contributed by atoms with E-state index >= 15 is 0 Å². The smallest absolute Gasteiger partial charge is 0.243 e. The molecule has 4 heteroatoms. The minimum Gasteiger partial charge on any atom is -0.352 e. The highest BCUT2D eigenvalue weighted by Gasteiger charge is 2.30. The molecule has 0 aliphatic carbocycles. The van der Waals surface area contributed by atoms with Gasteiger partial charge in [0.2, 0.25) is 11.8 Å². The van der Waals surface area contributed by atoms with Crippen molar-refractivity contribution in [3.63, 3.8) is 0 Å². The summed E-state index contributed by atoms with van der Waals surface area (Å²) >= 11 is 0. The second kappa shape index (κ2) is 12.7. The van der Waals surface area contributed by atoms with Crippen LogP contribution in [0.3, 0.4) is 0 Å². The molecule has 0 radical (unpaired) electrons. The summed E-state index contributed by atoms with van der Waals surface area (Å²) in [6, 6.07) is 27.7. The van der Waals surface area contributed by atoms with Crippen LogP contribution >= 0.6 is 0 Å². The highest BCUT2D eigenvalue weighted by atomic mass is 16.2. The van der Waals surface area contributed by atoms with Crippen molar-refractivity contribution in [2.45, 2.75) is 65.1 Å². The first-order valence-corrected chi connectivity index (χ1v) is 12.2. The van der Waals surface area contributed by atoms with Crippen molar-refractivity contribution in [1.82, 2.24) is 10.2 Å². The molecule has 0 bridgehead atoms. The number of hydrogen-bond donors (Lipinski definition) is 1. The fourth-order valence-corrected chi connectivity index (χ4v) is 4.05. The molecule has 1 N–H and O–H groups in total. The molecule has 2 amide bonds. The normalized spacial score (nSPS) is 11.8. The van der Waals surface area contributed by atoms with E-state index in [0.29, 0.717) is 25.8 Å². The van der Waals surface area contributed by atoms with Crippen molar-refractivity contribution in [2.75, 3.05) is 0 Å². The summed E-state index contributed by atoms with van der Waals surface area (Å²) in [5.74, 6) is -0.126. The van der Waals surface area contributed by atoms with E-state index in [1.807, 2.05) is 74.5 Å². The van der Waals surface area contributed by atoms with Gasteiger partial charge in [0.05, 0.1) is 0 Å². The Morgan fingerprint density at radius 1 is 0.765 bits per heavy atom. The SMILES string of the molecule is CCc1ccc(CCC(=O)N(Cc2ccccc2)C(Cc2ccccc2)C(=O)NC(C)C)cc1. The van der Waals surface area contributed by atoms with Gasteiger partial charge in [-0.2, -0.15) is 0 Å². The molecule has 0 aromatic heterocycles. The molecule has 3 rings (SSSR count). The van der Waals surface area contributed by atoms with E-state index in [9.17, 15) is 9.59 Å². The third-order valence-electron chi connectivity index (χ3n) is 5.96. The van der Waals surface area contributed by atoms with Crippen molar-refractivity contribution in [2.24, 2.45) is 0 Å². The molecule has 34 heavy (non-hydrogen) atoms. The molecule has 0 aliphatic heterocycles. The molecule has 0 heterocycles. The highest BCUT2D eigenvalue weighted by molar-refractivity contribution is 5.88. The summed E-state index contributed by atoms with van der Waals surface area (Å²) < 4.78 is 0. The van der Waals surface area contributed by atoms with Gasteiger partial charge in [0.25, 0.3) is 0 Å². The van der Waals surface area contributed by atoms with Crippen LogP contribution in [0.4, 0.5) is 0 Å². The molecule has 178 valence electrons. The molecule has 3 aromatic carbocycles. The summed E-state index contributed by atoms with van der Waals surface area (Å²) in [6.07, 6.45) is 2.48. The number of hydrogen-bond acceptors (Lipinski definition) is 2. The van der Waals surface area contributed by atoms with E-state index in [4.69, 9.17) is 0 Å². The zero-order valence-corrected chi connectivity index (χ0v) is 20.5. The third-order valence-corrected chi connectivity index (χ3v) is 5.96. The second-order valence-electron chi connectivity index (χ2n) is 9.05. The fraction of sp³-hybridized carbons (Fsp3) is 0.333. The topological polar surface area (TPSA) is 49.4 Å². The second-order valence-corrected chi connectivity index (χ2v) is 9.05. The van der Waals surface area contributed by atoms with Gasteiger partial charge in [-0.15, -0.1) is 0 Å². The monoisotopic (exact) mass is 456 g/mol. The zero-order valence-electron chi connectivity index (χ0n) is 20.5.